The summed E-state index contributed by atoms with van der Waals surface area (Å²) in [5.74, 6) is -0.123. The number of hydrogen-bond donors (Lipinski definition) is 2. The molecule has 0 bridgehead atoms. The Bertz CT molecular complexity index is 328. The van der Waals surface area contributed by atoms with Crippen LogP contribution in [0.15, 0.2) is 0 Å². The molecule has 21 heavy (non-hydrogen) atoms. The van der Waals surface area contributed by atoms with E-state index in [2.05, 4.69) is 31.4 Å². The molecular formula is C16H32N2O3. The van der Waals surface area contributed by atoms with Gasteiger partial charge in [0.25, 0.3) is 0 Å². The van der Waals surface area contributed by atoms with Crippen molar-refractivity contribution in [2.75, 3.05) is 19.7 Å². The largest absolute Gasteiger partial charge is 0.445 e. The fourth-order valence-corrected chi connectivity index (χ4v) is 2.43. The Kier molecular flexibility index (Phi) is 7.10. The molecule has 1 rings (SSSR count). The van der Waals surface area contributed by atoms with Crippen LogP contribution in [0.2, 0.25) is 0 Å². The summed E-state index contributed by atoms with van der Waals surface area (Å²) in [6.07, 6.45) is 3.77. The second-order valence-electron chi connectivity index (χ2n) is 7.05. The second kappa shape index (κ2) is 8.11. The van der Waals surface area contributed by atoms with Gasteiger partial charge in [-0.05, 0) is 73.4 Å². The van der Waals surface area contributed by atoms with Crippen molar-refractivity contribution in [2.24, 2.45) is 0 Å². The zero-order chi connectivity index (χ0) is 15.9. The highest BCUT2D eigenvalue weighted by atomic mass is 16.6. The summed E-state index contributed by atoms with van der Waals surface area (Å²) in [5.41, 5.74) is -0.546. The van der Waals surface area contributed by atoms with Gasteiger partial charge >= 0.3 is 5.97 Å². The maximum Gasteiger partial charge on any atom is 0.327 e. The van der Waals surface area contributed by atoms with E-state index in [0.717, 1.165) is 45.4 Å². The zero-order valence-corrected chi connectivity index (χ0v) is 14.3. The highest BCUT2D eigenvalue weighted by molar-refractivity contribution is 5.82. The standard InChI is InChI=1S/C16H32N2O3/c1-13-18-16(5,14(19)21-13)9-6-7-10-17-11-8-12-20-15(2,3)4/h13,17-18H,6-12H2,1-5H3. The monoisotopic (exact) mass is 300 g/mol. The molecule has 0 saturated carbocycles. The van der Waals surface area contributed by atoms with Crippen LogP contribution in [-0.2, 0) is 14.3 Å². The van der Waals surface area contributed by atoms with Gasteiger partial charge in [-0.25, -0.2) is 4.79 Å². The van der Waals surface area contributed by atoms with Gasteiger partial charge in [0.1, 0.15) is 5.54 Å². The summed E-state index contributed by atoms with van der Waals surface area (Å²) in [6, 6.07) is 0. The highest BCUT2D eigenvalue weighted by Gasteiger charge is 2.42. The van der Waals surface area contributed by atoms with E-state index in [1.807, 2.05) is 13.8 Å². The molecule has 2 atom stereocenters. The first kappa shape index (κ1) is 18.4. The van der Waals surface area contributed by atoms with E-state index in [-0.39, 0.29) is 17.8 Å². The molecule has 1 heterocycles. The lowest BCUT2D eigenvalue weighted by atomic mass is 9.96. The molecule has 0 aromatic heterocycles. The van der Waals surface area contributed by atoms with Crippen molar-refractivity contribution < 1.29 is 14.3 Å². The van der Waals surface area contributed by atoms with Crippen LogP contribution >= 0.6 is 0 Å². The van der Waals surface area contributed by atoms with Gasteiger partial charge in [-0.2, -0.15) is 0 Å². The zero-order valence-electron chi connectivity index (χ0n) is 14.3. The van der Waals surface area contributed by atoms with E-state index in [4.69, 9.17) is 9.47 Å². The lowest BCUT2D eigenvalue weighted by Gasteiger charge is -2.20. The first-order valence-electron chi connectivity index (χ1n) is 8.06. The molecule has 5 nitrogen and oxygen atoms in total. The third-order valence-corrected chi connectivity index (χ3v) is 3.57. The number of ether oxygens (including phenoxy) is 2. The topological polar surface area (TPSA) is 59.6 Å². The summed E-state index contributed by atoms with van der Waals surface area (Å²) in [7, 11) is 0. The summed E-state index contributed by atoms with van der Waals surface area (Å²) >= 11 is 0. The number of nitrogens with one attached hydrogen (secondary N) is 2. The van der Waals surface area contributed by atoms with Gasteiger partial charge in [0.15, 0.2) is 6.23 Å². The number of carbonyl (C=O) groups is 1. The van der Waals surface area contributed by atoms with E-state index in [1.165, 1.54) is 0 Å². The van der Waals surface area contributed by atoms with Crippen molar-refractivity contribution in [2.45, 2.75) is 77.7 Å². The molecule has 1 fully saturated rings. The summed E-state index contributed by atoms with van der Waals surface area (Å²) < 4.78 is 10.8. The average molecular weight is 300 g/mol. The minimum absolute atomic E-state index is 0.0462. The Morgan fingerprint density at radius 2 is 1.95 bits per heavy atom. The van der Waals surface area contributed by atoms with Crippen molar-refractivity contribution in [1.29, 1.82) is 0 Å². The number of carbonyl (C=O) groups excluding carboxylic acids is 1. The van der Waals surface area contributed by atoms with Crippen LogP contribution in [0, 0.1) is 0 Å². The lowest BCUT2D eigenvalue weighted by molar-refractivity contribution is -0.144. The Morgan fingerprint density at radius 1 is 1.29 bits per heavy atom. The van der Waals surface area contributed by atoms with E-state index in [1.54, 1.807) is 0 Å². The second-order valence-corrected chi connectivity index (χ2v) is 7.05. The van der Waals surface area contributed by atoms with Gasteiger partial charge in [0, 0.05) is 6.61 Å². The maximum atomic E-state index is 11.7. The Hall–Kier alpha value is -0.650. The fraction of sp³-hybridized carbons (Fsp3) is 0.938. The molecule has 0 aromatic carbocycles. The summed E-state index contributed by atoms with van der Waals surface area (Å²) in [6.45, 7) is 12.8. The third kappa shape index (κ3) is 7.25. The van der Waals surface area contributed by atoms with Gasteiger partial charge in [0.05, 0.1) is 5.60 Å². The molecule has 1 saturated heterocycles. The van der Waals surface area contributed by atoms with Gasteiger partial charge in [-0.15, -0.1) is 0 Å². The van der Waals surface area contributed by atoms with Crippen molar-refractivity contribution >= 4 is 5.97 Å². The van der Waals surface area contributed by atoms with Gasteiger partial charge in [-0.1, -0.05) is 0 Å². The molecule has 2 N–H and O–H groups in total. The quantitative estimate of drug-likeness (QED) is 0.505. The average Bonchev–Trinajstić information content (AvgIpc) is 2.59. The van der Waals surface area contributed by atoms with Crippen molar-refractivity contribution in [1.82, 2.24) is 10.6 Å². The van der Waals surface area contributed by atoms with Gasteiger partial charge in [-0.3, -0.25) is 5.32 Å². The molecule has 1 aliphatic heterocycles. The van der Waals surface area contributed by atoms with Crippen LogP contribution < -0.4 is 10.6 Å². The van der Waals surface area contributed by atoms with Gasteiger partial charge < -0.3 is 14.8 Å². The lowest BCUT2D eigenvalue weighted by Crippen LogP contribution is -2.43. The molecule has 5 heteroatoms. The summed E-state index contributed by atoms with van der Waals surface area (Å²) in [4.78, 5) is 11.7. The molecule has 0 aromatic rings. The molecule has 2 unspecified atom stereocenters. The predicted molar refractivity (Wildman–Crippen MR) is 84.1 cm³/mol. The van der Waals surface area contributed by atoms with E-state index >= 15 is 0 Å². The van der Waals surface area contributed by atoms with E-state index in [0.29, 0.717) is 0 Å². The molecule has 0 amide bonds. The number of unbranched alkanes of at least 4 members (excludes halogenated alkanes) is 1. The van der Waals surface area contributed by atoms with Crippen LogP contribution in [0.3, 0.4) is 0 Å². The van der Waals surface area contributed by atoms with E-state index < -0.39 is 5.54 Å². The normalized spacial score (nSPS) is 26.1. The van der Waals surface area contributed by atoms with Crippen molar-refractivity contribution in [3.8, 4) is 0 Å². The minimum Gasteiger partial charge on any atom is -0.445 e. The van der Waals surface area contributed by atoms with Crippen LogP contribution in [0.25, 0.3) is 0 Å². The smallest absolute Gasteiger partial charge is 0.327 e. The van der Waals surface area contributed by atoms with Crippen molar-refractivity contribution in [3.63, 3.8) is 0 Å². The molecule has 0 radical (unpaired) electrons. The molecular weight excluding hydrogens is 268 g/mol. The minimum atomic E-state index is -0.500. The first-order chi connectivity index (χ1) is 9.73. The molecule has 1 aliphatic rings. The SMILES string of the molecule is CC1NC(C)(CCCCNCCCOC(C)(C)C)C(=O)O1. The van der Waals surface area contributed by atoms with Crippen LogP contribution in [0.4, 0.5) is 0 Å². The van der Waals surface area contributed by atoms with Crippen LogP contribution in [0.1, 0.15) is 60.3 Å². The number of rotatable bonds is 9. The van der Waals surface area contributed by atoms with Crippen molar-refractivity contribution in [3.05, 3.63) is 0 Å². The maximum absolute atomic E-state index is 11.7. The number of hydrogen-bond acceptors (Lipinski definition) is 5. The molecule has 124 valence electrons. The Morgan fingerprint density at radius 3 is 2.52 bits per heavy atom. The number of esters is 1. The van der Waals surface area contributed by atoms with Crippen LogP contribution in [0.5, 0.6) is 0 Å². The number of cyclic esters (lactones) is 1. The fourth-order valence-electron chi connectivity index (χ4n) is 2.43. The third-order valence-electron chi connectivity index (χ3n) is 3.57. The molecule has 0 aliphatic carbocycles. The Balaban J connectivity index is 1.97. The summed E-state index contributed by atoms with van der Waals surface area (Å²) in [5, 5.41) is 6.62. The first-order valence-corrected chi connectivity index (χ1v) is 8.06. The van der Waals surface area contributed by atoms with E-state index in [9.17, 15) is 4.79 Å². The van der Waals surface area contributed by atoms with Crippen LogP contribution in [-0.4, -0.2) is 43.0 Å². The highest BCUT2D eigenvalue weighted by Crippen LogP contribution is 2.22. The van der Waals surface area contributed by atoms with Gasteiger partial charge in [0.2, 0.25) is 0 Å². The Labute approximate surface area is 129 Å². The molecule has 0 spiro atoms. The predicted octanol–water partition coefficient (Wildman–Crippen LogP) is 2.20.